The Morgan fingerprint density at radius 1 is 1.08 bits per heavy atom. The third-order valence-electron chi connectivity index (χ3n) is 7.24. The molecule has 0 bridgehead atoms. The van der Waals surface area contributed by atoms with Gasteiger partial charge in [-0.15, -0.1) is 0 Å². The highest BCUT2D eigenvalue weighted by Crippen LogP contribution is 2.42. The largest absolute Gasteiger partial charge is 0.497 e. The second-order valence-electron chi connectivity index (χ2n) is 10.3. The van der Waals surface area contributed by atoms with Crippen LogP contribution in [-0.2, 0) is 16.1 Å². The van der Waals surface area contributed by atoms with Crippen molar-refractivity contribution in [2.45, 2.75) is 51.2 Å². The third-order valence-corrected chi connectivity index (χ3v) is 7.24. The molecule has 2 aromatic rings. The number of nitrogens with one attached hydrogen (secondary N) is 1. The number of aliphatic carboxylic acids is 1. The fourth-order valence-electron chi connectivity index (χ4n) is 5.41. The van der Waals surface area contributed by atoms with Gasteiger partial charge in [-0.1, -0.05) is 50.3 Å². The van der Waals surface area contributed by atoms with Crippen LogP contribution >= 0.6 is 0 Å². The van der Waals surface area contributed by atoms with E-state index in [-0.39, 0.29) is 35.8 Å². The maximum atomic E-state index is 13.8. The molecule has 0 saturated heterocycles. The summed E-state index contributed by atoms with van der Waals surface area (Å²) in [4.78, 5) is 58.7. The fourth-order valence-corrected chi connectivity index (χ4v) is 5.41. The highest BCUT2D eigenvalue weighted by atomic mass is 16.5. The minimum Gasteiger partial charge on any atom is -0.497 e. The van der Waals surface area contributed by atoms with E-state index in [1.807, 2.05) is 44.2 Å². The molecule has 3 unspecified atom stereocenters. The van der Waals surface area contributed by atoms with Crippen LogP contribution in [0.25, 0.3) is 0 Å². The lowest BCUT2D eigenvalue weighted by Crippen LogP contribution is -2.59. The van der Waals surface area contributed by atoms with Crippen LogP contribution in [0.3, 0.4) is 0 Å². The molecule has 0 spiro atoms. The second-order valence-corrected chi connectivity index (χ2v) is 10.3. The molecule has 39 heavy (non-hydrogen) atoms. The molecule has 2 heterocycles. The Hall–Kier alpha value is -4.27. The molecule has 4 rings (SSSR count). The zero-order valence-electron chi connectivity index (χ0n) is 22.3. The van der Waals surface area contributed by atoms with Gasteiger partial charge in [0.15, 0.2) is 0 Å². The summed E-state index contributed by atoms with van der Waals surface area (Å²) < 4.78 is 5.25. The Morgan fingerprint density at radius 2 is 1.79 bits per heavy atom. The molecule has 9 nitrogen and oxygen atoms in total. The number of carboxylic acid groups (broad SMARTS) is 1. The molecule has 0 aliphatic carbocycles. The Morgan fingerprint density at radius 3 is 2.41 bits per heavy atom. The number of methoxy groups -OCH3 is 1. The van der Waals surface area contributed by atoms with E-state index in [1.165, 1.54) is 19.2 Å². The molecular weight excluding hydrogens is 498 g/mol. The summed E-state index contributed by atoms with van der Waals surface area (Å²) in [6.07, 6.45) is 4.99. The van der Waals surface area contributed by atoms with Crippen molar-refractivity contribution in [2.75, 3.05) is 7.11 Å². The van der Waals surface area contributed by atoms with Gasteiger partial charge in [-0.05, 0) is 48.6 Å². The topological polar surface area (TPSA) is 125 Å². The van der Waals surface area contributed by atoms with Crippen LogP contribution in [0.1, 0.15) is 59.4 Å². The maximum absolute atomic E-state index is 13.8. The molecular formula is C30H33N3O6. The number of nitrogens with zero attached hydrogens (tertiary/aromatic N) is 2. The van der Waals surface area contributed by atoms with Gasteiger partial charge in [0.2, 0.25) is 5.91 Å². The summed E-state index contributed by atoms with van der Waals surface area (Å²) in [6.45, 7) is 4.26. The normalized spacial score (nSPS) is 19.3. The van der Waals surface area contributed by atoms with Gasteiger partial charge in [0, 0.05) is 19.2 Å². The molecule has 2 aromatic carbocycles. The highest BCUT2D eigenvalue weighted by molar-refractivity contribution is 6.22. The highest BCUT2D eigenvalue weighted by Gasteiger charge is 2.54. The lowest BCUT2D eigenvalue weighted by Gasteiger charge is -2.43. The third kappa shape index (κ3) is 5.62. The average molecular weight is 532 g/mol. The van der Waals surface area contributed by atoms with Gasteiger partial charge in [-0.3, -0.25) is 29.1 Å². The van der Waals surface area contributed by atoms with Crippen LogP contribution in [0.2, 0.25) is 0 Å². The first-order valence-corrected chi connectivity index (χ1v) is 13.0. The molecule has 2 aliphatic heterocycles. The number of carboxylic acids is 1. The first-order chi connectivity index (χ1) is 18.7. The van der Waals surface area contributed by atoms with E-state index in [4.69, 9.17) is 9.73 Å². The van der Waals surface area contributed by atoms with Gasteiger partial charge in [-0.25, -0.2) is 0 Å². The predicted octanol–water partition coefficient (Wildman–Crippen LogP) is 3.88. The summed E-state index contributed by atoms with van der Waals surface area (Å²) >= 11 is 0. The zero-order valence-corrected chi connectivity index (χ0v) is 22.3. The van der Waals surface area contributed by atoms with E-state index in [0.717, 1.165) is 10.5 Å². The summed E-state index contributed by atoms with van der Waals surface area (Å²) in [5.41, 5.74) is -0.0333. The van der Waals surface area contributed by atoms with Crippen LogP contribution in [0.5, 0.6) is 5.75 Å². The van der Waals surface area contributed by atoms with Crippen molar-refractivity contribution in [1.29, 1.82) is 0 Å². The van der Waals surface area contributed by atoms with Crippen LogP contribution in [0, 0.1) is 11.8 Å². The van der Waals surface area contributed by atoms with Crippen molar-refractivity contribution in [3.05, 3.63) is 77.4 Å². The van der Waals surface area contributed by atoms with E-state index in [1.54, 1.807) is 24.4 Å². The van der Waals surface area contributed by atoms with Gasteiger partial charge in [-0.2, -0.15) is 0 Å². The lowest BCUT2D eigenvalue weighted by molar-refractivity contribution is -0.137. The van der Waals surface area contributed by atoms with E-state index >= 15 is 0 Å². The van der Waals surface area contributed by atoms with Gasteiger partial charge in [0.1, 0.15) is 11.3 Å². The second kappa shape index (κ2) is 11.6. The number of carbonyl (C=O) groups excluding carboxylic acids is 3. The number of hydrogen-bond acceptors (Lipinski definition) is 6. The Kier molecular flexibility index (Phi) is 8.28. The number of imide groups is 1. The number of amides is 3. The van der Waals surface area contributed by atoms with Crippen molar-refractivity contribution in [3.8, 4) is 5.75 Å². The Labute approximate surface area is 227 Å². The van der Waals surface area contributed by atoms with Crippen LogP contribution in [0.15, 0.2) is 65.7 Å². The van der Waals surface area contributed by atoms with E-state index < -0.39 is 35.3 Å². The number of rotatable bonds is 12. The number of ether oxygens (including phenoxy) is 1. The molecule has 3 amide bonds. The summed E-state index contributed by atoms with van der Waals surface area (Å²) in [5, 5.41) is 12.6. The first kappa shape index (κ1) is 27.8. The van der Waals surface area contributed by atoms with Crippen molar-refractivity contribution >= 4 is 29.9 Å². The van der Waals surface area contributed by atoms with E-state index in [9.17, 15) is 24.3 Å². The van der Waals surface area contributed by atoms with Crippen LogP contribution in [-0.4, -0.2) is 58.6 Å². The number of fused-ring (bicyclic) bond motifs is 1. The number of carbonyl (C=O) groups is 4. The lowest BCUT2D eigenvalue weighted by atomic mass is 9.72. The Bertz CT molecular complexity index is 1310. The monoisotopic (exact) mass is 531 g/mol. The van der Waals surface area contributed by atoms with E-state index in [2.05, 4.69) is 5.32 Å². The molecule has 0 radical (unpaired) electrons. The summed E-state index contributed by atoms with van der Waals surface area (Å²) in [5.74, 6) is -2.74. The molecule has 0 aromatic heterocycles. The predicted molar refractivity (Wildman–Crippen MR) is 146 cm³/mol. The molecule has 2 N–H and O–H groups in total. The van der Waals surface area contributed by atoms with Crippen molar-refractivity contribution < 1.29 is 29.0 Å². The Balaban J connectivity index is 1.76. The number of allylic oxidation sites excluding steroid dienone is 1. The minimum absolute atomic E-state index is 0.0693. The summed E-state index contributed by atoms with van der Waals surface area (Å²) in [7, 11) is 1.47. The van der Waals surface area contributed by atoms with Crippen LogP contribution < -0.4 is 10.1 Å². The van der Waals surface area contributed by atoms with Gasteiger partial charge in [0.25, 0.3) is 11.8 Å². The summed E-state index contributed by atoms with van der Waals surface area (Å²) in [6, 6.07) is 13.1. The molecule has 2 aliphatic rings. The van der Waals surface area contributed by atoms with Crippen molar-refractivity contribution in [2.24, 2.45) is 16.8 Å². The van der Waals surface area contributed by atoms with E-state index in [0.29, 0.717) is 18.7 Å². The quantitative estimate of drug-likeness (QED) is 0.401. The molecule has 0 saturated carbocycles. The van der Waals surface area contributed by atoms with Gasteiger partial charge < -0.3 is 15.2 Å². The molecule has 0 fully saturated rings. The smallest absolute Gasteiger partial charge is 0.303 e. The van der Waals surface area contributed by atoms with Crippen molar-refractivity contribution in [3.63, 3.8) is 0 Å². The molecule has 204 valence electrons. The van der Waals surface area contributed by atoms with Gasteiger partial charge in [0.05, 0.1) is 30.2 Å². The van der Waals surface area contributed by atoms with Crippen molar-refractivity contribution in [1.82, 2.24) is 10.2 Å². The SMILES string of the molecule is COc1ccc2c(c1)C(=O)N(C(CCC(=O)O)C1(C(CC(C)C)C(=O)NCc3ccccc3)C=CC=N1)C2=O. The van der Waals surface area contributed by atoms with Gasteiger partial charge >= 0.3 is 5.97 Å². The number of hydrogen-bond donors (Lipinski definition) is 2. The molecule has 3 atom stereocenters. The fraction of sp³-hybridized carbons (Fsp3) is 0.367. The minimum atomic E-state index is -1.34. The standard InChI is InChI=1S/C30H33N3O6/c1-19(2)16-24(27(36)31-18-20-8-5-4-6-9-20)30(14-7-15-32-30)25(12-13-26(34)35)33-28(37)22-11-10-21(39-3)17-23(22)29(33)38/h4-11,14-15,17,19,24-25H,12-13,16,18H2,1-3H3,(H,31,36)(H,34,35). The maximum Gasteiger partial charge on any atom is 0.303 e. The zero-order chi connectivity index (χ0) is 28.2. The number of aliphatic imine (C=N–C) groups is 1. The molecule has 9 heteroatoms. The number of benzene rings is 2. The van der Waals surface area contributed by atoms with Crippen LogP contribution in [0.4, 0.5) is 0 Å². The average Bonchev–Trinajstić information content (AvgIpc) is 3.50. The first-order valence-electron chi connectivity index (χ1n) is 13.0.